The summed E-state index contributed by atoms with van der Waals surface area (Å²) >= 11 is 5.78. The zero-order valence-corrected chi connectivity index (χ0v) is 25.5. The first-order chi connectivity index (χ1) is 21.2. The number of carbonyl (C=O) groups excluding carboxylic acids is 1. The number of sulfonamides is 1. The molecule has 2 aromatic carbocycles. The molecule has 4 heterocycles. The normalized spacial score (nSPS) is 13.7. The number of aromatic amines is 1. The number of thiocarbonyl (C=S) groups is 1. The fraction of sp³-hybridized carbons (Fsp3) is 0.241. The van der Waals surface area contributed by atoms with Crippen molar-refractivity contribution in [2.45, 2.75) is 18.2 Å². The number of fused-ring (bicyclic) bond motifs is 3. The van der Waals surface area contributed by atoms with Gasteiger partial charge in [0.2, 0.25) is 5.95 Å². The van der Waals surface area contributed by atoms with Crippen LogP contribution in [0.5, 0.6) is 11.5 Å². The lowest BCUT2D eigenvalue weighted by molar-refractivity contribution is -0.132. The van der Waals surface area contributed by atoms with Crippen molar-refractivity contribution in [3.63, 3.8) is 0 Å². The molecule has 1 aliphatic rings. The number of piperazine rings is 1. The first-order valence-corrected chi connectivity index (χ1v) is 15.6. The van der Waals surface area contributed by atoms with Crippen molar-refractivity contribution in [2.75, 3.05) is 42.9 Å². The number of H-pyrrole nitrogens is 1. The maximum absolute atomic E-state index is 12.7. The third-order valence-corrected chi connectivity index (χ3v) is 8.97. The smallest absolute Gasteiger partial charge is 0.308 e. The van der Waals surface area contributed by atoms with E-state index in [9.17, 15) is 13.2 Å². The quantitative estimate of drug-likeness (QED) is 0.146. The lowest BCUT2D eigenvalue weighted by Gasteiger charge is -2.37. The van der Waals surface area contributed by atoms with Gasteiger partial charge < -0.3 is 24.3 Å². The second-order valence-corrected chi connectivity index (χ2v) is 12.2. The minimum absolute atomic E-state index is 0.0104. The molecule has 1 aliphatic heterocycles. The Morgan fingerprint density at radius 1 is 1.02 bits per heavy atom. The summed E-state index contributed by atoms with van der Waals surface area (Å²) < 4.78 is 38.6. The lowest BCUT2D eigenvalue weighted by atomic mass is 10.1. The van der Waals surface area contributed by atoms with E-state index in [4.69, 9.17) is 21.7 Å². The van der Waals surface area contributed by atoms with Gasteiger partial charge in [0.1, 0.15) is 17.8 Å². The molecule has 1 saturated heterocycles. The predicted octanol–water partition coefficient (Wildman–Crippen LogP) is 3.33. The summed E-state index contributed by atoms with van der Waals surface area (Å²) in [7, 11) is -2.29. The summed E-state index contributed by atoms with van der Waals surface area (Å²) in [5, 5.41) is 1.65. The Balaban J connectivity index is 1.14. The molecule has 44 heavy (non-hydrogen) atoms. The number of benzene rings is 2. The Bertz CT molecular complexity index is 1960. The Kier molecular flexibility index (Phi) is 7.97. The second-order valence-electron chi connectivity index (χ2n) is 10.1. The highest BCUT2D eigenvalue weighted by Gasteiger charge is 2.24. The van der Waals surface area contributed by atoms with E-state index >= 15 is 0 Å². The van der Waals surface area contributed by atoms with Crippen LogP contribution in [0.15, 0.2) is 66.1 Å². The standard InChI is InChI=1S/C29H28N8O5S2/c1-18(38)42-24-15-21-22(16-23(24)41-2)34-27-26(21)28(33-17-32-27)37-12-10-36(11-13-37)25(43)14-19-4-6-20(7-5-19)44(39,40)35-29-30-8-3-9-31-29/h3-9,15-17H,10-14H2,1-2H3,(H,30,31,35)(H,32,33,34). The van der Waals surface area contributed by atoms with Gasteiger partial charge in [-0.05, 0) is 29.8 Å². The molecule has 0 aliphatic carbocycles. The van der Waals surface area contributed by atoms with Gasteiger partial charge in [-0.15, -0.1) is 0 Å². The van der Waals surface area contributed by atoms with E-state index in [0.29, 0.717) is 49.7 Å². The third-order valence-electron chi connectivity index (χ3n) is 7.22. The van der Waals surface area contributed by atoms with Crippen molar-refractivity contribution >= 4 is 66.9 Å². The summed E-state index contributed by atoms with van der Waals surface area (Å²) in [6.07, 6.45) is 4.96. The van der Waals surface area contributed by atoms with Crippen LogP contribution in [0.3, 0.4) is 0 Å². The Hall–Kier alpha value is -4.89. The summed E-state index contributed by atoms with van der Waals surface area (Å²) in [5.41, 5.74) is 2.36. The number of rotatable bonds is 8. The summed E-state index contributed by atoms with van der Waals surface area (Å²) in [6, 6.07) is 11.8. The topological polar surface area (TPSA) is 156 Å². The Morgan fingerprint density at radius 2 is 1.75 bits per heavy atom. The van der Waals surface area contributed by atoms with E-state index in [-0.39, 0.29) is 10.8 Å². The van der Waals surface area contributed by atoms with Crippen molar-refractivity contribution < 1.29 is 22.7 Å². The van der Waals surface area contributed by atoms with Gasteiger partial charge in [-0.2, -0.15) is 0 Å². The third kappa shape index (κ3) is 5.96. The number of ether oxygens (including phenoxy) is 2. The van der Waals surface area contributed by atoms with Gasteiger partial charge in [-0.1, -0.05) is 24.4 Å². The molecule has 0 unspecified atom stereocenters. The molecule has 6 rings (SSSR count). The summed E-state index contributed by atoms with van der Waals surface area (Å²) in [5.74, 6) is 1.10. The molecular weight excluding hydrogens is 605 g/mol. The number of methoxy groups -OCH3 is 1. The number of nitrogens with one attached hydrogen (secondary N) is 2. The number of hydrogen-bond donors (Lipinski definition) is 2. The van der Waals surface area contributed by atoms with E-state index in [1.807, 2.05) is 0 Å². The molecule has 2 N–H and O–H groups in total. The summed E-state index contributed by atoms with van der Waals surface area (Å²) in [6.45, 7) is 4.07. The van der Waals surface area contributed by atoms with Gasteiger partial charge in [-0.25, -0.2) is 33.1 Å². The minimum atomic E-state index is -3.81. The molecule has 0 bridgehead atoms. The van der Waals surface area contributed by atoms with Crippen LogP contribution in [0.4, 0.5) is 11.8 Å². The first-order valence-electron chi connectivity index (χ1n) is 13.7. The number of hydrogen-bond acceptors (Lipinski definition) is 11. The average Bonchev–Trinajstić information content (AvgIpc) is 3.38. The van der Waals surface area contributed by atoms with Gasteiger partial charge in [0.25, 0.3) is 10.0 Å². The number of nitrogens with zero attached hydrogens (tertiary/aromatic N) is 6. The number of anilines is 2. The van der Waals surface area contributed by atoms with E-state index < -0.39 is 16.0 Å². The maximum atomic E-state index is 12.7. The number of esters is 1. The zero-order valence-electron chi connectivity index (χ0n) is 23.9. The van der Waals surface area contributed by atoms with E-state index in [1.165, 1.54) is 32.8 Å². The molecular formula is C29H28N8O5S2. The Morgan fingerprint density at radius 3 is 2.43 bits per heavy atom. The van der Waals surface area contributed by atoms with Crippen molar-refractivity contribution in [3.8, 4) is 11.5 Å². The number of aromatic nitrogens is 5. The van der Waals surface area contributed by atoms with Gasteiger partial charge in [0.15, 0.2) is 11.5 Å². The average molecular weight is 633 g/mol. The van der Waals surface area contributed by atoms with E-state index in [0.717, 1.165) is 32.7 Å². The van der Waals surface area contributed by atoms with Gasteiger partial charge in [0, 0.05) is 63.4 Å². The predicted molar refractivity (Wildman–Crippen MR) is 169 cm³/mol. The van der Waals surface area contributed by atoms with Gasteiger partial charge in [-0.3, -0.25) is 4.79 Å². The monoisotopic (exact) mass is 632 g/mol. The van der Waals surface area contributed by atoms with Crippen LogP contribution in [0.2, 0.25) is 0 Å². The van der Waals surface area contributed by atoms with Gasteiger partial charge >= 0.3 is 5.97 Å². The van der Waals surface area contributed by atoms with Crippen LogP contribution in [-0.2, 0) is 21.2 Å². The fourth-order valence-corrected chi connectivity index (χ4v) is 6.43. The molecule has 0 radical (unpaired) electrons. The highest BCUT2D eigenvalue weighted by Crippen LogP contribution is 2.38. The first kappa shape index (κ1) is 29.2. The van der Waals surface area contributed by atoms with Crippen LogP contribution in [0.1, 0.15) is 12.5 Å². The molecule has 13 nitrogen and oxygen atoms in total. The van der Waals surface area contributed by atoms with E-state index in [1.54, 1.807) is 42.5 Å². The SMILES string of the molecule is COc1cc2[nH]c3ncnc(N4CCN(C(=S)Cc5ccc(S(=O)(=O)Nc6ncccn6)cc5)CC4)c3c2cc1OC(C)=O. The van der Waals surface area contributed by atoms with Crippen LogP contribution >= 0.6 is 12.2 Å². The molecule has 15 heteroatoms. The second kappa shape index (κ2) is 12.0. The van der Waals surface area contributed by atoms with Gasteiger partial charge in [0.05, 0.1) is 27.9 Å². The Labute approximate surface area is 258 Å². The molecule has 0 atom stereocenters. The van der Waals surface area contributed by atoms with Crippen LogP contribution in [0, 0.1) is 0 Å². The highest BCUT2D eigenvalue weighted by atomic mass is 32.2. The molecule has 226 valence electrons. The summed E-state index contributed by atoms with van der Waals surface area (Å²) in [4.78, 5) is 37.1. The van der Waals surface area contributed by atoms with Crippen molar-refractivity contribution in [3.05, 3.63) is 66.7 Å². The zero-order chi connectivity index (χ0) is 30.8. The fourth-order valence-electron chi connectivity index (χ4n) is 5.12. The molecule has 1 fully saturated rings. The largest absolute Gasteiger partial charge is 0.493 e. The molecule has 0 amide bonds. The van der Waals surface area contributed by atoms with Crippen molar-refractivity contribution in [2.24, 2.45) is 0 Å². The molecule has 0 spiro atoms. The van der Waals surface area contributed by atoms with E-state index in [2.05, 4.69) is 39.4 Å². The van der Waals surface area contributed by atoms with Crippen LogP contribution < -0.4 is 19.1 Å². The van der Waals surface area contributed by atoms with Crippen molar-refractivity contribution in [1.29, 1.82) is 0 Å². The lowest BCUT2D eigenvalue weighted by Crippen LogP contribution is -2.49. The molecule has 0 saturated carbocycles. The maximum Gasteiger partial charge on any atom is 0.308 e. The van der Waals surface area contributed by atoms with Crippen LogP contribution in [0.25, 0.3) is 21.9 Å². The van der Waals surface area contributed by atoms with Crippen molar-refractivity contribution in [1.82, 2.24) is 29.8 Å². The van der Waals surface area contributed by atoms with Crippen LogP contribution in [-0.4, -0.2) is 82.5 Å². The number of carbonyl (C=O) groups is 1. The minimum Gasteiger partial charge on any atom is -0.493 e. The highest BCUT2D eigenvalue weighted by molar-refractivity contribution is 7.92. The molecule has 5 aromatic rings. The molecule has 3 aromatic heterocycles.